The van der Waals surface area contributed by atoms with Gasteiger partial charge in [0.05, 0.1) is 6.54 Å². The maximum Gasteiger partial charge on any atom is 0.226 e. The zero-order chi connectivity index (χ0) is 20.8. The normalized spacial score (nSPS) is 13.7. The average Bonchev–Trinajstić information content (AvgIpc) is 2.92. The van der Waals surface area contributed by atoms with Crippen molar-refractivity contribution in [3.05, 3.63) is 46.9 Å². The van der Waals surface area contributed by atoms with Crippen LogP contribution < -0.4 is 21.1 Å². The Morgan fingerprint density at radius 3 is 2.80 bits per heavy atom. The summed E-state index contributed by atoms with van der Waals surface area (Å²) in [5.41, 5.74) is 16.6. The Hall–Kier alpha value is -3.17. The van der Waals surface area contributed by atoms with E-state index >= 15 is 0 Å². The Balaban J connectivity index is 1.55. The Morgan fingerprint density at radius 1 is 1.10 bits per heavy atom. The summed E-state index contributed by atoms with van der Waals surface area (Å²) in [6.45, 7) is 3.84. The molecule has 0 bridgehead atoms. The fraction of sp³-hybridized carbons (Fsp3) is 0.200. The summed E-state index contributed by atoms with van der Waals surface area (Å²) < 4.78 is 6.06. The van der Waals surface area contributed by atoms with Crippen LogP contribution in [0.3, 0.4) is 0 Å². The SMILES string of the molecule is Cc1cc(-c2cnc3sc(N)nc3c2)cc2c1OCCN(c1cc(N)nc(Cl)n1)C2. The Bertz CT molecular complexity index is 1260. The molecule has 8 nitrogen and oxygen atoms in total. The highest BCUT2D eigenvalue weighted by Gasteiger charge is 2.20. The van der Waals surface area contributed by atoms with Gasteiger partial charge < -0.3 is 21.1 Å². The van der Waals surface area contributed by atoms with Gasteiger partial charge in [-0.05, 0) is 47.9 Å². The van der Waals surface area contributed by atoms with Gasteiger partial charge in [-0.25, -0.2) is 19.9 Å². The minimum absolute atomic E-state index is 0.127. The maximum atomic E-state index is 6.06. The average molecular weight is 440 g/mol. The summed E-state index contributed by atoms with van der Waals surface area (Å²) in [5, 5.41) is 0.641. The number of halogens is 1. The van der Waals surface area contributed by atoms with E-state index in [4.69, 9.17) is 27.8 Å². The van der Waals surface area contributed by atoms with Crippen molar-refractivity contribution in [2.75, 3.05) is 29.5 Å². The number of ether oxygens (including phenoxy) is 1. The summed E-state index contributed by atoms with van der Waals surface area (Å²) in [6.07, 6.45) is 1.85. The second kappa shape index (κ2) is 7.26. The van der Waals surface area contributed by atoms with E-state index in [0.29, 0.717) is 36.5 Å². The van der Waals surface area contributed by atoms with Gasteiger partial charge in [-0.15, -0.1) is 0 Å². The van der Waals surface area contributed by atoms with Gasteiger partial charge in [0.15, 0.2) is 5.13 Å². The second-order valence-electron chi connectivity index (χ2n) is 7.07. The first kappa shape index (κ1) is 18.8. The smallest absolute Gasteiger partial charge is 0.226 e. The molecule has 0 spiro atoms. The molecule has 3 aromatic heterocycles. The zero-order valence-electron chi connectivity index (χ0n) is 16.1. The van der Waals surface area contributed by atoms with E-state index in [-0.39, 0.29) is 5.28 Å². The summed E-state index contributed by atoms with van der Waals surface area (Å²) in [4.78, 5) is 20.1. The third kappa shape index (κ3) is 3.46. The first-order valence-corrected chi connectivity index (χ1v) is 10.5. The van der Waals surface area contributed by atoms with Crippen molar-refractivity contribution in [2.45, 2.75) is 13.5 Å². The largest absolute Gasteiger partial charge is 0.491 e. The van der Waals surface area contributed by atoms with Crippen LogP contribution in [0.2, 0.25) is 5.28 Å². The summed E-state index contributed by atoms with van der Waals surface area (Å²) in [7, 11) is 0. The molecule has 10 heteroatoms. The number of anilines is 3. The van der Waals surface area contributed by atoms with E-state index < -0.39 is 0 Å². The van der Waals surface area contributed by atoms with Crippen molar-refractivity contribution >= 4 is 50.1 Å². The third-order valence-electron chi connectivity index (χ3n) is 4.95. The van der Waals surface area contributed by atoms with Gasteiger partial charge >= 0.3 is 0 Å². The Labute approximate surface area is 181 Å². The standard InChI is InChI=1S/C20H18ClN7OS/c1-10-4-11(12-6-14-18(24-8-12)30-20(23)25-14)5-13-9-28(2-3-29-17(10)13)16-7-15(22)26-19(21)27-16/h4-8H,2-3,9H2,1H3,(H2,23,25)(H2,22,26,27). The van der Waals surface area contributed by atoms with E-state index in [2.05, 4.69) is 37.0 Å². The Kier molecular flexibility index (Phi) is 4.56. The zero-order valence-corrected chi connectivity index (χ0v) is 17.7. The number of hydrogen-bond donors (Lipinski definition) is 2. The van der Waals surface area contributed by atoms with Crippen LogP contribution in [0.5, 0.6) is 5.75 Å². The lowest BCUT2D eigenvalue weighted by Crippen LogP contribution is -2.26. The van der Waals surface area contributed by atoms with Crippen LogP contribution in [-0.2, 0) is 6.54 Å². The molecule has 0 amide bonds. The fourth-order valence-corrected chi connectivity index (χ4v) is 4.50. The third-order valence-corrected chi connectivity index (χ3v) is 5.92. The van der Waals surface area contributed by atoms with E-state index in [1.54, 1.807) is 6.07 Å². The molecule has 0 radical (unpaired) electrons. The fourth-order valence-electron chi connectivity index (χ4n) is 3.66. The van der Waals surface area contributed by atoms with Crippen molar-refractivity contribution in [2.24, 2.45) is 0 Å². The van der Waals surface area contributed by atoms with Gasteiger partial charge in [-0.2, -0.15) is 0 Å². The highest BCUT2D eigenvalue weighted by Crippen LogP contribution is 2.35. The lowest BCUT2D eigenvalue weighted by Gasteiger charge is -2.21. The van der Waals surface area contributed by atoms with Crippen LogP contribution in [0.25, 0.3) is 21.5 Å². The van der Waals surface area contributed by atoms with Crippen molar-refractivity contribution in [3.8, 4) is 16.9 Å². The molecule has 4 N–H and O–H groups in total. The molecule has 0 aliphatic carbocycles. The van der Waals surface area contributed by atoms with Gasteiger partial charge in [0.1, 0.15) is 34.3 Å². The number of thiazole rings is 1. The number of fused-ring (bicyclic) bond motifs is 2. The number of hydrogen-bond acceptors (Lipinski definition) is 9. The first-order chi connectivity index (χ1) is 14.5. The summed E-state index contributed by atoms with van der Waals surface area (Å²) in [6, 6.07) is 7.95. The number of nitrogens with zero attached hydrogens (tertiary/aromatic N) is 5. The topological polar surface area (TPSA) is 116 Å². The molecule has 152 valence electrons. The van der Waals surface area contributed by atoms with Crippen LogP contribution >= 0.6 is 22.9 Å². The number of aryl methyl sites for hydroxylation is 1. The lowest BCUT2D eigenvalue weighted by atomic mass is 10.00. The lowest BCUT2D eigenvalue weighted by molar-refractivity contribution is 0.329. The molecule has 5 rings (SSSR count). The summed E-state index contributed by atoms with van der Waals surface area (Å²) in [5.74, 6) is 1.90. The number of rotatable bonds is 2. The second-order valence-corrected chi connectivity index (χ2v) is 8.42. The molecule has 4 aromatic rings. The molecule has 0 saturated carbocycles. The molecule has 0 fully saturated rings. The Morgan fingerprint density at radius 2 is 1.97 bits per heavy atom. The van der Waals surface area contributed by atoms with Crippen LogP contribution in [-0.4, -0.2) is 33.1 Å². The molecule has 1 aromatic carbocycles. The van der Waals surface area contributed by atoms with Gasteiger partial charge in [0, 0.05) is 29.9 Å². The summed E-state index contributed by atoms with van der Waals surface area (Å²) >= 11 is 7.39. The molecule has 1 aliphatic rings. The van der Waals surface area contributed by atoms with Gasteiger partial charge in [-0.3, -0.25) is 0 Å². The van der Waals surface area contributed by atoms with E-state index in [9.17, 15) is 0 Å². The molecule has 0 saturated heterocycles. The van der Waals surface area contributed by atoms with Crippen LogP contribution in [0, 0.1) is 6.92 Å². The molecule has 4 heterocycles. The van der Waals surface area contributed by atoms with Gasteiger partial charge in [-0.1, -0.05) is 11.3 Å². The molecule has 30 heavy (non-hydrogen) atoms. The number of benzene rings is 1. The predicted molar refractivity (Wildman–Crippen MR) is 120 cm³/mol. The molecular formula is C20H18ClN7OS. The van der Waals surface area contributed by atoms with Crippen LogP contribution in [0.15, 0.2) is 30.5 Å². The van der Waals surface area contributed by atoms with Crippen molar-refractivity contribution in [1.82, 2.24) is 19.9 Å². The van der Waals surface area contributed by atoms with Crippen molar-refractivity contribution in [3.63, 3.8) is 0 Å². The molecule has 1 aliphatic heterocycles. The minimum atomic E-state index is 0.127. The monoisotopic (exact) mass is 439 g/mol. The predicted octanol–water partition coefficient (Wildman–Crippen LogP) is 3.67. The molecule has 0 atom stereocenters. The maximum absolute atomic E-state index is 6.06. The number of nitrogen functional groups attached to an aromatic ring is 2. The van der Waals surface area contributed by atoms with Crippen LogP contribution in [0.4, 0.5) is 16.8 Å². The molecular weight excluding hydrogens is 422 g/mol. The first-order valence-electron chi connectivity index (χ1n) is 9.30. The van der Waals surface area contributed by atoms with E-state index in [1.807, 2.05) is 19.2 Å². The highest BCUT2D eigenvalue weighted by molar-refractivity contribution is 7.21. The number of pyridine rings is 1. The van der Waals surface area contributed by atoms with Gasteiger partial charge in [0.25, 0.3) is 0 Å². The van der Waals surface area contributed by atoms with Crippen molar-refractivity contribution in [1.29, 1.82) is 0 Å². The highest BCUT2D eigenvalue weighted by atomic mass is 35.5. The van der Waals surface area contributed by atoms with Crippen LogP contribution in [0.1, 0.15) is 11.1 Å². The van der Waals surface area contributed by atoms with Gasteiger partial charge in [0.2, 0.25) is 5.28 Å². The number of nitrogens with two attached hydrogens (primary N) is 2. The minimum Gasteiger partial charge on any atom is -0.491 e. The quantitative estimate of drug-likeness (QED) is 0.454. The molecule has 0 unspecified atom stereocenters. The van der Waals surface area contributed by atoms with E-state index in [0.717, 1.165) is 38.4 Å². The van der Waals surface area contributed by atoms with Crippen molar-refractivity contribution < 1.29 is 4.74 Å². The van der Waals surface area contributed by atoms with E-state index in [1.165, 1.54) is 11.3 Å². The number of aromatic nitrogens is 4.